The van der Waals surface area contributed by atoms with Gasteiger partial charge in [0.05, 0.1) is 6.54 Å². The molecule has 4 heterocycles. The van der Waals surface area contributed by atoms with Gasteiger partial charge in [0.1, 0.15) is 28.8 Å². The molecule has 0 radical (unpaired) electrons. The number of rotatable bonds is 9. The van der Waals surface area contributed by atoms with E-state index < -0.39 is 11.0 Å². The Hall–Kier alpha value is -3.24. The van der Waals surface area contributed by atoms with Crippen molar-refractivity contribution in [1.29, 1.82) is 0 Å². The molecule has 0 spiro atoms. The highest BCUT2D eigenvalue weighted by Crippen LogP contribution is 2.59. The molecule has 1 aromatic heterocycles. The summed E-state index contributed by atoms with van der Waals surface area (Å²) in [6.07, 6.45) is 8.29. The summed E-state index contributed by atoms with van der Waals surface area (Å²) in [5.41, 5.74) is -0.0237. The second-order valence-corrected chi connectivity index (χ2v) is 15.2. The average molecular weight is 645 g/mol. The first-order chi connectivity index (χ1) is 22.6. The van der Waals surface area contributed by atoms with E-state index in [-0.39, 0.29) is 42.1 Å². The third-order valence-corrected chi connectivity index (χ3v) is 12.4. The van der Waals surface area contributed by atoms with Gasteiger partial charge in [-0.25, -0.2) is 0 Å². The summed E-state index contributed by atoms with van der Waals surface area (Å²) in [6.45, 7) is 11.3. The van der Waals surface area contributed by atoms with Crippen LogP contribution in [0.25, 0.3) is 0 Å². The SMILES string of the molecule is Cc1ccc(O)cc1CCC1CC(=O)CC2(C)C1CCC2(O)C(=O)CN1CCN(c2cc(N3CCCC3)nc(N3CCCC3)n2)CC1. The van der Waals surface area contributed by atoms with Crippen LogP contribution >= 0.6 is 0 Å². The van der Waals surface area contributed by atoms with Crippen LogP contribution in [-0.4, -0.2) is 101 Å². The van der Waals surface area contributed by atoms with Gasteiger partial charge in [-0.1, -0.05) is 13.0 Å². The van der Waals surface area contributed by atoms with Crippen LogP contribution in [0.15, 0.2) is 24.3 Å². The number of aryl methyl sites for hydroxylation is 2. The van der Waals surface area contributed by atoms with Crippen LogP contribution in [0.1, 0.15) is 75.8 Å². The number of phenols is 1. The molecule has 4 atom stereocenters. The first-order valence-electron chi connectivity index (χ1n) is 18.1. The lowest BCUT2D eigenvalue weighted by atomic mass is 9.57. The summed E-state index contributed by atoms with van der Waals surface area (Å²) in [6, 6.07) is 7.59. The van der Waals surface area contributed by atoms with Crippen LogP contribution in [0.4, 0.5) is 17.6 Å². The zero-order valence-electron chi connectivity index (χ0n) is 28.3. The molecular weight excluding hydrogens is 592 g/mol. The lowest BCUT2D eigenvalue weighted by Gasteiger charge is -2.48. The molecule has 0 bridgehead atoms. The number of nitrogens with zero attached hydrogens (tertiary/aromatic N) is 6. The van der Waals surface area contributed by atoms with Crippen molar-refractivity contribution in [1.82, 2.24) is 14.9 Å². The molecule has 7 rings (SSSR count). The average Bonchev–Trinajstić information content (AvgIpc) is 3.84. The maximum absolute atomic E-state index is 14.0. The fourth-order valence-electron chi connectivity index (χ4n) is 9.46. The monoisotopic (exact) mass is 644 g/mol. The molecule has 2 N–H and O–H groups in total. The Labute approximate surface area is 279 Å². The molecule has 3 saturated heterocycles. The van der Waals surface area contributed by atoms with Gasteiger partial charge in [0.2, 0.25) is 5.95 Å². The number of carbonyl (C=O) groups excluding carboxylic acids is 2. The maximum Gasteiger partial charge on any atom is 0.229 e. The molecule has 5 aliphatic rings. The highest BCUT2D eigenvalue weighted by molar-refractivity contribution is 5.92. The zero-order chi connectivity index (χ0) is 32.8. The van der Waals surface area contributed by atoms with E-state index in [1.165, 1.54) is 25.7 Å². The van der Waals surface area contributed by atoms with Gasteiger partial charge in [-0.3, -0.25) is 14.5 Å². The number of benzene rings is 1. The van der Waals surface area contributed by atoms with Crippen LogP contribution in [0.2, 0.25) is 0 Å². The molecule has 4 unspecified atom stereocenters. The minimum absolute atomic E-state index is 0.121. The Bertz CT molecular complexity index is 1450. The van der Waals surface area contributed by atoms with Crippen molar-refractivity contribution in [3.05, 3.63) is 35.4 Å². The van der Waals surface area contributed by atoms with E-state index in [1.807, 2.05) is 26.0 Å². The van der Waals surface area contributed by atoms with Crippen molar-refractivity contribution < 1.29 is 19.8 Å². The van der Waals surface area contributed by atoms with E-state index in [1.54, 1.807) is 6.07 Å². The summed E-state index contributed by atoms with van der Waals surface area (Å²) in [7, 11) is 0. The van der Waals surface area contributed by atoms with Crippen molar-refractivity contribution in [2.24, 2.45) is 17.3 Å². The number of anilines is 3. The number of aromatic hydroxyl groups is 1. The third kappa shape index (κ3) is 6.23. The highest BCUT2D eigenvalue weighted by atomic mass is 16.3. The summed E-state index contributed by atoms with van der Waals surface area (Å²) >= 11 is 0. The molecule has 2 saturated carbocycles. The van der Waals surface area contributed by atoms with Gasteiger partial charge in [0.15, 0.2) is 5.78 Å². The molecule has 10 nitrogen and oxygen atoms in total. The highest BCUT2D eigenvalue weighted by Gasteiger charge is 2.63. The van der Waals surface area contributed by atoms with Gasteiger partial charge < -0.3 is 24.9 Å². The van der Waals surface area contributed by atoms with E-state index in [0.29, 0.717) is 12.8 Å². The van der Waals surface area contributed by atoms with Crippen LogP contribution < -0.4 is 14.7 Å². The van der Waals surface area contributed by atoms with Crippen LogP contribution in [0.3, 0.4) is 0 Å². The Morgan fingerprint density at radius 2 is 1.55 bits per heavy atom. The maximum atomic E-state index is 14.0. The van der Waals surface area contributed by atoms with Gasteiger partial charge in [-0.05, 0) is 93.4 Å². The molecule has 0 amide bonds. The predicted octanol–water partition coefficient (Wildman–Crippen LogP) is 4.14. The fraction of sp³-hybridized carbons (Fsp3) is 0.676. The molecule has 5 fully saturated rings. The number of aromatic nitrogens is 2. The smallest absolute Gasteiger partial charge is 0.229 e. The standard InChI is InChI=1S/C37H52N6O4/c1-26-7-10-29(44)21-27(26)8-9-28-22-30(45)24-36(2)31(28)11-12-37(36,47)32(46)25-40-17-19-42(20-18-40)34-23-33(41-13-3-4-14-41)38-35(39-34)43-15-5-6-16-43/h7,10,21,23,28,31,44,47H,3-6,8-9,11-20,22,24-25H2,1-2H3. The van der Waals surface area contributed by atoms with Crippen molar-refractivity contribution in [3.63, 3.8) is 0 Å². The van der Waals surface area contributed by atoms with Crippen LogP contribution in [-0.2, 0) is 16.0 Å². The predicted molar refractivity (Wildman–Crippen MR) is 183 cm³/mol. The number of Topliss-reactive ketones (excluding diaryl/α,β-unsaturated/α-hetero) is 2. The van der Waals surface area contributed by atoms with Crippen LogP contribution in [0.5, 0.6) is 5.75 Å². The number of fused-ring (bicyclic) bond motifs is 1. The number of ketones is 2. The third-order valence-electron chi connectivity index (χ3n) is 12.4. The molecule has 10 heteroatoms. The van der Waals surface area contributed by atoms with Crippen molar-refractivity contribution in [2.45, 2.75) is 83.7 Å². The van der Waals surface area contributed by atoms with E-state index >= 15 is 0 Å². The summed E-state index contributed by atoms with van der Waals surface area (Å²) in [4.78, 5) is 46.4. The van der Waals surface area contributed by atoms with Gasteiger partial charge >= 0.3 is 0 Å². The number of phenolic OH excluding ortho intramolecular Hbond substituents is 1. The molecule has 2 aromatic rings. The number of aliphatic hydroxyl groups is 1. The number of piperazine rings is 1. The Kier molecular flexibility index (Phi) is 8.93. The fourth-order valence-corrected chi connectivity index (χ4v) is 9.46. The second-order valence-electron chi connectivity index (χ2n) is 15.2. The van der Waals surface area contributed by atoms with E-state index in [2.05, 4.69) is 25.7 Å². The molecule has 47 heavy (non-hydrogen) atoms. The molecule has 2 aliphatic carbocycles. The summed E-state index contributed by atoms with van der Waals surface area (Å²) in [5.74, 6) is 3.34. The molecule has 254 valence electrons. The van der Waals surface area contributed by atoms with Crippen molar-refractivity contribution in [3.8, 4) is 5.75 Å². The zero-order valence-corrected chi connectivity index (χ0v) is 28.3. The lowest BCUT2D eigenvalue weighted by Crippen LogP contribution is -2.58. The topological polar surface area (TPSA) is 113 Å². The normalized spacial score (nSPS) is 29.9. The molecule has 1 aromatic carbocycles. The van der Waals surface area contributed by atoms with Crippen molar-refractivity contribution in [2.75, 3.05) is 73.6 Å². The quantitative estimate of drug-likeness (QED) is 0.413. The Morgan fingerprint density at radius 1 is 0.915 bits per heavy atom. The minimum atomic E-state index is -1.49. The minimum Gasteiger partial charge on any atom is -0.508 e. The van der Waals surface area contributed by atoms with Gasteiger partial charge in [0.25, 0.3) is 0 Å². The van der Waals surface area contributed by atoms with Gasteiger partial charge in [-0.15, -0.1) is 0 Å². The number of hydrogen-bond acceptors (Lipinski definition) is 10. The van der Waals surface area contributed by atoms with E-state index in [9.17, 15) is 19.8 Å². The summed E-state index contributed by atoms with van der Waals surface area (Å²) < 4.78 is 0. The molecule has 3 aliphatic heterocycles. The molecular formula is C37H52N6O4. The second kappa shape index (κ2) is 13.0. The lowest BCUT2D eigenvalue weighted by molar-refractivity contribution is -0.160. The Morgan fingerprint density at radius 3 is 2.23 bits per heavy atom. The first-order valence-corrected chi connectivity index (χ1v) is 18.1. The summed E-state index contributed by atoms with van der Waals surface area (Å²) in [5, 5.41) is 22.2. The first kappa shape index (κ1) is 32.3. The van der Waals surface area contributed by atoms with E-state index in [4.69, 9.17) is 9.97 Å². The number of hydrogen-bond donors (Lipinski definition) is 2. The Balaban J connectivity index is 1.00. The largest absolute Gasteiger partial charge is 0.508 e. The van der Waals surface area contributed by atoms with Gasteiger partial charge in [0, 0.05) is 76.7 Å². The van der Waals surface area contributed by atoms with Gasteiger partial charge in [-0.2, -0.15) is 9.97 Å². The van der Waals surface area contributed by atoms with E-state index in [0.717, 1.165) is 100 Å². The van der Waals surface area contributed by atoms with Crippen molar-refractivity contribution >= 4 is 29.2 Å². The number of carbonyl (C=O) groups is 2. The van der Waals surface area contributed by atoms with Crippen LogP contribution in [0, 0.1) is 24.2 Å².